The third-order valence-electron chi connectivity index (χ3n) is 2.95. The van der Waals surface area contributed by atoms with E-state index >= 15 is 0 Å². The summed E-state index contributed by atoms with van der Waals surface area (Å²) in [7, 11) is 0. The molecule has 1 aromatic carbocycles. The number of unbranched alkanes of at least 4 members (excludes halogenated alkanes) is 4. The third kappa shape index (κ3) is 5.41. The van der Waals surface area contributed by atoms with Gasteiger partial charge in [-0.25, -0.2) is 0 Å². The van der Waals surface area contributed by atoms with Gasteiger partial charge in [-0.05, 0) is 13.3 Å². The first-order valence-electron chi connectivity index (χ1n) is 6.83. The van der Waals surface area contributed by atoms with Crippen LogP contribution in [0.5, 0.6) is 0 Å². The summed E-state index contributed by atoms with van der Waals surface area (Å²) in [4.78, 5) is 0. The highest BCUT2D eigenvalue weighted by atomic mass is 16.3. The molecule has 0 saturated carbocycles. The molecule has 18 heavy (non-hydrogen) atoms. The van der Waals surface area contributed by atoms with Gasteiger partial charge >= 0.3 is 0 Å². The number of hydrogen-bond acceptors (Lipinski definition) is 3. The predicted molar refractivity (Wildman–Crippen MR) is 74.5 cm³/mol. The van der Waals surface area contributed by atoms with Gasteiger partial charge in [0.15, 0.2) is 5.72 Å². The minimum atomic E-state index is -1.20. The van der Waals surface area contributed by atoms with E-state index in [2.05, 4.69) is 17.2 Å². The Bertz CT molecular complexity index is 347. The first-order chi connectivity index (χ1) is 8.67. The maximum atomic E-state index is 10.2. The Balaban J connectivity index is 2.32. The molecule has 1 N–H and O–H groups in total. The molecule has 1 unspecified atom stereocenters. The second-order valence-electron chi connectivity index (χ2n) is 4.77. The molecule has 0 bridgehead atoms. The highest BCUT2D eigenvalue weighted by molar-refractivity contribution is 5.20. The number of aliphatic hydroxyl groups is 1. The number of nitrogens with zero attached hydrogens (tertiary/aromatic N) is 2. The Labute approximate surface area is 110 Å². The molecule has 0 amide bonds. The molecular weight excluding hydrogens is 224 g/mol. The molecule has 0 aliphatic heterocycles. The van der Waals surface area contributed by atoms with Crippen LogP contribution >= 0.6 is 0 Å². The monoisotopic (exact) mass is 248 g/mol. The number of rotatable bonds is 8. The first-order valence-corrected chi connectivity index (χ1v) is 6.83. The van der Waals surface area contributed by atoms with Gasteiger partial charge in [0.25, 0.3) is 0 Å². The van der Waals surface area contributed by atoms with Crippen molar-refractivity contribution in [2.45, 2.75) is 51.7 Å². The van der Waals surface area contributed by atoms with Crippen LogP contribution in [0.15, 0.2) is 40.6 Å². The normalized spacial score (nSPS) is 14.8. The lowest BCUT2D eigenvalue weighted by molar-refractivity contribution is 0.0583. The van der Waals surface area contributed by atoms with Crippen molar-refractivity contribution in [2.75, 3.05) is 6.54 Å². The summed E-state index contributed by atoms with van der Waals surface area (Å²) in [6.45, 7) is 4.58. The standard InChI is InChI=1S/C15H24N2O/c1-3-4-5-6-10-13-16-17-15(2,18)14-11-8-7-9-12-14/h7-9,11-12,18H,3-6,10,13H2,1-2H3. The summed E-state index contributed by atoms with van der Waals surface area (Å²) in [6.07, 6.45) is 6.05. The molecule has 3 heteroatoms. The molecule has 0 spiro atoms. The Hall–Kier alpha value is -1.22. The van der Waals surface area contributed by atoms with Crippen molar-refractivity contribution in [3.63, 3.8) is 0 Å². The van der Waals surface area contributed by atoms with E-state index in [1.807, 2.05) is 30.3 Å². The Kier molecular flexibility index (Phi) is 6.58. The van der Waals surface area contributed by atoms with Crippen LogP contribution in [0, 0.1) is 0 Å². The van der Waals surface area contributed by atoms with Gasteiger partial charge in [-0.1, -0.05) is 62.9 Å². The first kappa shape index (κ1) is 14.8. The molecule has 1 aromatic rings. The van der Waals surface area contributed by atoms with Gasteiger partial charge in [0, 0.05) is 5.56 Å². The highest BCUT2D eigenvalue weighted by Gasteiger charge is 2.21. The molecule has 1 rings (SSSR count). The zero-order valence-corrected chi connectivity index (χ0v) is 11.5. The van der Waals surface area contributed by atoms with Gasteiger partial charge in [-0.3, -0.25) is 0 Å². The lowest BCUT2D eigenvalue weighted by Gasteiger charge is -2.16. The van der Waals surface area contributed by atoms with Crippen molar-refractivity contribution in [1.29, 1.82) is 0 Å². The fraction of sp³-hybridized carbons (Fsp3) is 0.600. The van der Waals surface area contributed by atoms with E-state index < -0.39 is 5.72 Å². The minimum Gasteiger partial charge on any atom is -0.364 e. The molecule has 0 heterocycles. The second-order valence-corrected chi connectivity index (χ2v) is 4.77. The lowest BCUT2D eigenvalue weighted by atomic mass is 10.1. The van der Waals surface area contributed by atoms with E-state index in [9.17, 15) is 5.11 Å². The average molecular weight is 248 g/mol. The quantitative estimate of drug-likeness (QED) is 0.542. The van der Waals surface area contributed by atoms with Gasteiger partial charge in [0.1, 0.15) is 0 Å². The molecule has 0 saturated heterocycles. The molecule has 0 fully saturated rings. The number of hydrogen-bond donors (Lipinski definition) is 1. The third-order valence-corrected chi connectivity index (χ3v) is 2.95. The molecule has 0 radical (unpaired) electrons. The zero-order chi connectivity index (χ0) is 13.3. The van der Waals surface area contributed by atoms with Crippen LogP contribution in [0.25, 0.3) is 0 Å². The molecule has 0 aliphatic rings. The van der Waals surface area contributed by atoms with Crippen LogP contribution in [-0.2, 0) is 5.72 Å². The average Bonchev–Trinajstić information content (AvgIpc) is 2.39. The summed E-state index contributed by atoms with van der Waals surface area (Å²) in [5.41, 5.74) is -0.426. The molecule has 3 nitrogen and oxygen atoms in total. The topological polar surface area (TPSA) is 45.0 Å². The van der Waals surface area contributed by atoms with Crippen molar-refractivity contribution in [1.82, 2.24) is 0 Å². The van der Waals surface area contributed by atoms with E-state index in [1.165, 1.54) is 25.7 Å². The van der Waals surface area contributed by atoms with Gasteiger partial charge in [-0.2, -0.15) is 10.2 Å². The van der Waals surface area contributed by atoms with Crippen LogP contribution < -0.4 is 0 Å². The molecule has 0 aliphatic carbocycles. The van der Waals surface area contributed by atoms with E-state index in [-0.39, 0.29) is 0 Å². The summed E-state index contributed by atoms with van der Waals surface area (Å²) in [5.74, 6) is 0. The van der Waals surface area contributed by atoms with E-state index in [0.29, 0.717) is 6.54 Å². The Morgan fingerprint density at radius 2 is 1.72 bits per heavy atom. The fourth-order valence-corrected chi connectivity index (χ4v) is 1.79. The number of benzene rings is 1. The molecule has 0 aromatic heterocycles. The summed E-state index contributed by atoms with van der Waals surface area (Å²) in [5, 5.41) is 18.3. The second kappa shape index (κ2) is 7.98. The Morgan fingerprint density at radius 1 is 1.06 bits per heavy atom. The lowest BCUT2D eigenvalue weighted by Crippen LogP contribution is -2.17. The van der Waals surface area contributed by atoms with E-state index in [1.54, 1.807) is 6.92 Å². The Morgan fingerprint density at radius 3 is 2.39 bits per heavy atom. The van der Waals surface area contributed by atoms with Gasteiger partial charge in [0.2, 0.25) is 0 Å². The zero-order valence-electron chi connectivity index (χ0n) is 11.5. The fourth-order valence-electron chi connectivity index (χ4n) is 1.79. The number of azo groups is 1. The molecular formula is C15H24N2O. The van der Waals surface area contributed by atoms with Crippen LogP contribution in [0.2, 0.25) is 0 Å². The van der Waals surface area contributed by atoms with Crippen molar-refractivity contribution in [3.05, 3.63) is 35.9 Å². The van der Waals surface area contributed by atoms with Crippen molar-refractivity contribution < 1.29 is 5.11 Å². The summed E-state index contributed by atoms with van der Waals surface area (Å²) < 4.78 is 0. The smallest absolute Gasteiger partial charge is 0.199 e. The predicted octanol–water partition coefficient (Wildman–Crippen LogP) is 4.27. The maximum Gasteiger partial charge on any atom is 0.199 e. The molecule has 1 atom stereocenters. The summed E-state index contributed by atoms with van der Waals surface area (Å²) >= 11 is 0. The van der Waals surface area contributed by atoms with Gasteiger partial charge in [-0.15, -0.1) is 0 Å². The largest absolute Gasteiger partial charge is 0.364 e. The van der Waals surface area contributed by atoms with Crippen molar-refractivity contribution in [2.24, 2.45) is 10.2 Å². The van der Waals surface area contributed by atoms with Crippen LogP contribution in [0.1, 0.15) is 51.5 Å². The molecule has 100 valence electrons. The SMILES string of the molecule is CCCCCCCN=NC(C)(O)c1ccccc1. The van der Waals surface area contributed by atoms with E-state index in [4.69, 9.17) is 0 Å². The maximum absolute atomic E-state index is 10.2. The van der Waals surface area contributed by atoms with Crippen LogP contribution in [-0.4, -0.2) is 11.7 Å². The minimum absolute atomic E-state index is 0.701. The van der Waals surface area contributed by atoms with Crippen molar-refractivity contribution in [3.8, 4) is 0 Å². The van der Waals surface area contributed by atoms with Crippen molar-refractivity contribution >= 4 is 0 Å². The van der Waals surface area contributed by atoms with Crippen LogP contribution in [0.4, 0.5) is 0 Å². The van der Waals surface area contributed by atoms with E-state index in [0.717, 1.165) is 12.0 Å². The van der Waals surface area contributed by atoms with Gasteiger partial charge < -0.3 is 5.11 Å². The van der Waals surface area contributed by atoms with Gasteiger partial charge in [0.05, 0.1) is 6.54 Å². The highest BCUT2D eigenvalue weighted by Crippen LogP contribution is 2.21. The van der Waals surface area contributed by atoms with Crippen LogP contribution in [0.3, 0.4) is 0 Å². The summed E-state index contributed by atoms with van der Waals surface area (Å²) in [6, 6.07) is 9.43.